The third-order valence-corrected chi connectivity index (χ3v) is 11.3. The lowest BCUT2D eigenvalue weighted by Crippen LogP contribution is -2.59. The number of fused-ring (bicyclic) bond motifs is 3. The molecule has 4 aromatic rings. The van der Waals surface area contributed by atoms with Gasteiger partial charge in [-0.15, -0.1) is 0 Å². The Morgan fingerprint density at radius 3 is 2.15 bits per heavy atom. The van der Waals surface area contributed by atoms with Crippen molar-refractivity contribution in [2.24, 2.45) is 11.8 Å². The van der Waals surface area contributed by atoms with E-state index in [4.69, 9.17) is 9.47 Å². The molecule has 4 heterocycles. The second-order valence-corrected chi connectivity index (χ2v) is 14.1. The number of nitrogens with zero attached hydrogens (tertiary/aromatic N) is 3. The van der Waals surface area contributed by atoms with Crippen LogP contribution in [0.4, 0.5) is 11.4 Å². The first-order valence-corrected chi connectivity index (χ1v) is 18.2. The average Bonchev–Trinajstić information content (AvgIpc) is 3.47. The Morgan fingerprint density at radius 1 is 0.769 bits per heavy atom. The van der Waals surface area contributed by atoms with Crippen molar-refractivity contribution in [1.82, 2.24) is 4.90 Å². The van der Waals surface area contributed by atoms with Crippen molar-refractivity contribution >= 4 is 39.9 Å². The molecule has 0 aliphatic carbocycles. The Balaban J connectivity index is 1.25. The molecule has 4 aliphatic heterocycles. The summed E-state index contributed by atoms with van der Waals surface area (Å²) in [5.74, 6) is -2.17. The van der Waals surface area contributed by atoms with Crippen molar-refractivity contribution < 1.29 is 29.0 Å². The molecule has 1 spiro atoms. The fourth-order valence-electron chi connectivity index (χ4n) is 8.93. The predicted octanol–water partition coefficient (Wildman–Crippen LogP) is 5.71. The smallest absolute Gasteiger partial charge is 0.253 e. The van der Waals surface area contributed by atoms with E-state index in [9.17, 15) is 5.11 Å². The van der Waals surface area contributed by atoms with Gasteiger partial charge in [-0.2, -0.15) is 0 Å². The number of likely N-dealkylation sites (tertiary alicyclic amines) is 1. The summed E-state index contributed by atoms with van der Waals surface area (Å²) >= 11 is 0. The van der Waals surface area contributed by atoms with E-state index in [0.29, 0.717) is 43.1 Å². The van der Waals surface area contributed by atoms with Gasteiger partial charge in [0.1, 0.15) is 17.4 Å². The molecule has 4 aromatic carbocycles. The summed E-state index contributed by atoms with van der Waals surface area (Å²) < 4.78 is 12.9. The number of carbonyl (C=O) groups excluding carboxylic acids is 3. The van der Waals surface area contributed by atoms with Gasteiger partial charge in [0.2, 0.25) is 11.8 Å². The van der Waals surface area contributed by atoms with E-state index in [1.807, 2.05) is 135 Å². The Bertz CT molecular complexity index is 2060. The number of anilines is 2. The van der Waals surface area contributed by atoms with Gasteiger partial charge in [-0.1, -0.05) is 91.9 Å². The van der Waals surface area contributed by atoms with E-state index in [1.54, 1.807) is 14.7 Å². The zero-order chi connectivity index (χ0) is 36.0. The summed E-state index contributed by atoms with van der Waals surface area (Å²) in [6.07, 6.45) is 8.37. The zero-order valence-electron chi connectivity index (χ0n) is 29.4. The third kappa shape index (κ3) is 5.33. The minimum Gasteiger partial charge on any atom is -0.494 e. The van der Waals surface area contributed by atoms with Crippen molar-refractivity contribution in [2.45, 2.75) is 50.0 Å². The Labute approximate surface area is 303 Å². The average molecular weight is 698 g/mol. The van der Waals surface area contributed by atoms with Crippen molar-refractivity contribution in [3.63, 3.8) is 0 Å². The minimum atomic E-state index is -1.47. The number of hydrogen-bond donors (Lipinski definition) is 1. The minimum absolute atomic E-state index is 0.244. The summed E-state index contributed by atoms with van der Waals surface area (Å²) in [6.45, 7) is 4.58. The fraction of sp³-hybridized carbons (Fsp3) is 0.326. The molecule has 9 heteroatoms. The second kappa shape index (κ2) is 13.4. The Hall–Kier alpha value is -5.25. The van der Waals surface area contributed by atoms with Crippen LogP contribution >= 0.6 is 0 Å². The van der Waals surface area contributed by atoms with Crippen LogP contribution in [0.1, 0.15) is 25.8 Å². The summed E-state index contributed by atoms with van der Waals surface area (Å²) in [5, 5.41) is 13.0. The third-order valence-electron chi connectivity index (χ3n) is 11.3. The Kier molecular flexibility index (Phi) is 8.71. The number of carbonyl (C=O) groups is 3. The van der Waals surface area contributed by atoms with Crippen LogP contribution in [0.2, 0.25) is 0 Å². The van der Waals surface area contributed by atoms with Crippen molar-refractivity contribution in [3.05, 3.63) is 127 Å². The Morgan fingerprint density at radius 2 is 1.44 bits per heavy atom. The highest BCUT2D eigenvalue weighted by Gasteiger charge is 2.76. The van der Waals surface area contributed by atoms with Crippen molar-refractivity contribution in [3.8, 4) is 5.75 Å². The van der Waals surface area contributed by atoms with Gasteiger partial charge in [-0.3, -0.25) is 14.4 Å². The summed E-state index contributed by atoms with van der Waals surface area (Å²) in [5.41, 5.74) is -0.315. The maximum absolute atomic E-state index is 15.3. The van der Waals surface area contributed by atoms with E-state index in [2.05, 4.69) is 0 Å². The SMILES string of the molecule is CCOc1ccc(N2CC=C[C@]3(CC)O[C@]45C=CCN(c6ccc7ccccc7c6)C(=O)C4N([C@@H](CO)Cc4ccccc4)C(=O)[C@@H]5[C@@H]3C2=O)cc1. The van der Waals surface area contributed by atoms with E-state index in [1.165, 1.54) is 0 Å². The van der Waals surface area contributed by atoms with Crippen LogP contribution in [0, 0.1) is 11.8 Å². The first-order chi connectivity index (χ1) is 25.3. The lowest BCUT2D eigenvalue weighted by Gasteiger charge is -2.41. The van der Waals surface area contributed by atoms with Crippen LogP contribution in [0.15, 0.2) is 121 Å². The maximum Gasteiger partial charge on any atom is 0.253 e. The van der Waals surface area contributed by atoms with Crippen LogP contribution < -0.4 is 14.5 Å². The van der Waals surface area contributed by atoms with Gasteiger partial charge in [0.15, 0.2) is 0 Å². The molecule has 2 fully saturated rings. The molecule has 1 N–H and O–H groups in total. The number of hydrogen-bond acceptors (Lipinski definition) is 6. The first kappa shape index (κ1) is 33.9. The van der Waals surface area contributed by atoms with E-state index in [-0.39, 0.29) is 30.9 Å². The van der Waals surface area contributed by atoms with Gasteiger partial charge in [-0.05, 0) is 72.5 Å². The molecule has 6 atom stereocenters. The summed E-state index contributed by atoms with van der Waals surface area (Å²) in [7, 11) is 0. The molecule has 4 aliphatic rings. The van der Waals surface area contributed by atoms with Crippen molar-refractivity contribution in [2.75, 3.05) is 36.1 Å². The van der Waals surface area contributed by atoms with E-state index >= 15 is 14.4 Å². The van der Waals surface area contributed by atoms with Crippen LogP contribution in [0.25, 0.3) is 10.8 Å². The first-order valence-electron chi connectivity index (χ1n) is 18.2. The monoisotopic (exact) mass is 697 g/mol. The maximum atomic E-state index is 15.3. The van der Waals surface area contributed by atoms with Crippen LogP contribution in [-0.2, 0) is 25.5 Å². The number of aliphatic hydroxyl groups is 1. The number of benzene rings is 4. The lowest BCUT2D eigenvalue weighted by molar-refractivity contribution is -0.149. The van der Waals surface area contributed by atoms with Crippen LogP contribution in [0.3, 0.4) is 0 Å². The molecule has 0 saturated carbocycles. The van der Waals surface area contributed by atoms with Crippen molar-refractivity contribution in [1.29, 1.82) is 0 Å². The summed E-state index contributed by atoms with van der Waals surface area (Å²) in [6, 6.07) is 29.0. The van der Waals surface area contributed by atoms with Crippen LogP contribution in [0.5, 0.6) is 5.75 Å². The number of amides is 3. The molecule has 8 rings (SSSR count). The van der Waals surface area contributed by atoms with Gasteiger partial charge < -0.3 is 29.3 Å². The second-order valence-electron chi connectivity index (χ2n) is 14.1. The molecule has 2 saturated heterocycles. The highest BCUT2D eigenvalue weighted by atomic mass is 16.5. The van der Waals surface area contributed by atoms with Gasteiger partial charge in [0.25, 0.3) is 5.91 Å². The summed E-state index contributed by atoms with van der Waals surface area (Å²) in [4.78, 5) is 50.5. The largest absolute Gasteiger partial charge is 0.494 e. The normalized spacial score (nSPS) is 27.3. The van der Waals surface area contributed by atoms with Gasteiger partial charge in [0.05, 0.1) is 36.7 Å². The highest BCUT2D eigenvalue weighted by molar-refractivity contribution is 6.08. The molecule has 0 bridgehead atoms. The molecule has 1 unspecified atom stereocenters. The molecule has 266 valence electrons. The van der Waals surface area contributed by atoms with Gasteiger partial charge in [-0.25, -0.2) is 0 Å². The van der Waals surface area contributed by atoms with E-state index < -0.39 is 35.1 Å². The molecule has 52 heavy (non-hydrogen) atoms. The number of rotatable bonds is 9. The number of ether oxygens (including phenoxy) is 2. The fourth-order valence-corrected chi connectivity index (χ4v) is 8.93. The predicted molar refractivity (Wildman–Crippen MR) is 200 cm³/mol. The topological polar surface area (TPSA) is 99.6 Å². The van der Waals surface area contributed by atoms with Crippen LogP contribution in [-0.4, -0.2) is 77.3 Å². The zero-order valence-corrected chi connectivity index (χ0v) is 29.4. The van der Waals surface area contributed by atoms with Gasteiger partial charge >= 0.3 is 0 Å². The molecule has 0 radical (unpaired) electrons. The molecular weight excluding hydrogens is 654 g/mol. The molecule has 9 nitrogen and oxygen atoms in total. The molecule has 3 amide bonds. The van der Waals surface area contributed by atoms with E-state index in [0.717, 1.165) is 16.3 Å². The van der Waals surface area contributed by atoms with Gasteiger partial charge in [0, 0.05) is 24.5 Å². The quantitative estimate of drug-likeness (QED) is 0.225. The standard InChI is InChI=1S/C43H43N3O6/c1-3-42-22-10-24-44(32-18-20-35(21-19-32)51-4-2)39(48)36(42)37-40(49)46(34(28-47)26-29-12-6-5-7-13-29)38-41(50)45(25-11-23-43(37,38)52-42)33-17-16-30-14-8-9-15-31(30)27-33/h5-23,27,34,36-38,47H,3-4,24-26,28H2,1-2H3/t34-,36-,37+,38?,42+,43+/m1/s1. The number of aliphatic hydroxyl groups excluding tert-OH is 1. The highest BCUT2D eigenvalue weighted by Crippen LogP contribution is 2.59. The lowest BCUT2D eigenvalue weighted by atomic mass is 9.73. The molecular formula is C43H43N3O6. The molecule has 0 aromatic heterocycles.